The molecular formula is C17H23N5O2. The van der Waals surface area contributed by atoms with Gasteiger partial charge in [0.05, 0.1) is 6.10 Å². The Morgan fingerprint density at radius 1 is 1.17 bits per heavy atom. The molecule has 0 radical (unpaired) electrons. The van der Waals surface area contributed by atoms with Crippen LogP contribution in [0.15, 0.2) is 10.9 Å². The second-order valence-electron chi connectivity index (χ2n) is 6.59. The van der Waals surface area contributed by atoms with Gasteiger partial charge in [0.1, 0.15) is 18.2 Å². The van der Waals surface area contributed by atoms with Crippen molar-refractivity contribution in [3.63, 3.8) is 0 Å². The SMILES string of the molecule is Cc1noc([C@@H]2CC[C@H](CNc3ncnc4c3CCCCC4)O2)n1. The summed E-state index contributed by atoms with van der Waals surface area (Å²) in [6.07, 6.45) is 9.45. The molecule has 7 heteroatoms. The molecule has 2 aliphatic rings. The summed E-state index contributed by atoms with van der Waals surface area (Å²) in [5.41, 5.74) is 2.49. The van der Waals surface area contributed by atoms with Gasteiger partial charge in [0.15, 0.2) is 5.82 Å². The van der Waals surface area contributed by atoms with Crippen LogP contribution in [0, 0.1) is 6.92 Å². The van der Waals surface area contributed by atoms with Crippen LogP contribution < -0.4 is 5.32 Å². The normalized spacial score (nSPS) is 23.7. The number of hydrogen-bond acceptors (Lipinski definition) is 7. The first kappa shape index (κ1) is 15.5. The number of fused-ring (bicyclic) bond motifs is 1. The summed E-state index contributed by atoms with van der Waals surface area (Å²) in [7, 11) is 0. The Hall–Kier alpha value is -2.02. The number of hydrogen-bond donors (Lipinski definition) is 1. The number of anilines is 1. The van der Waals surface area contributed by atoms with Crippen molar-refractivity contribution in [2.75, 3.05) is 11.9 Å². The van der Waals surface area contributed by atoms with Gasteiger partial charge in [0, 0.05) is 17.8 Å². The van der Waals surface area contributed by atoms with Crippen LogP contribution in [0.5, 0.6) is 0 Å². The highest BCUT2D eigenvalue weighted by molar-refractivity contribution is 5.46. The summed E-state index contributed by atoms with van der Waals surface area (Å²) in [4.78, 5) is 13.2. The van der Waals surface area contributed by atoms with Gasteiger partial charge < -0.3 is 14.6 Å². The zero-order valence-electron chi connectivity index (χ0n) is 14.0. The van der Waals surface area contributed by atoms with Crippen LogP contribution in [0.4, 0.5) is 5.82 Å². The molecule has 7 nitrogen and oxygen atoms in total. The van der Waals surface area contributed by atoms with Gasteiger partial charge in [-0.05, 0) is 45.4 Å². The van der Waals surface area contributed by atoms with Crippen LogP contribution in [-0.2, 0) is 17.6 Å². The molecule has 0 saturated carbocycles. The highest BCUT2D eigenvalue weighted by Gasteiger charge is 2.30. The first-order valence-corrected chi connectivity index (χ1v) is 8.82. The number of nitrogens with zero attached hydrogens (tertiary/aromatic N) is 4. The average molecular weight is 329 g/mol. The van der Waals surface area contributed by atoms with E-state index in [0.29, 0.717) is 11.7 Å². The second-order valence-corrected chi connectivity index (χ2v) is 6.59. The van der Waals surface area contributed by atoms with Gasteiger partial charge in [-0.3, -0.25) is 0 Å². The number of aryl methyl sites for hydroxylation is 2. The maximum absolute atomic E-state index is 6.05. The highest BCUT2D eigenvalue weighted by atomic mass is 16.5. The third-order valence-corrected chi connectivity index (χ3v) is 4.80. The lowest BCUT2D eigenvalue weighted by Crippen LogP contribution is -2.21. The van der Waals surface area contributed by atoms with E-state index in [1.165, 1.54) is 30.5 Å². The van der Waals surface area contributed by atoms with E-state index >= 15 is 0 Å². The van der Waals surface area contributed by atoms with E-state index in [-0.39, 0.29) is 12.2 Å². The van der Waals surface area contributed by atoms with Gasteiger partial charge in [0.25, 0.3) is 5.89 Å². The molecule has 0 aromatic carbocycles. The lowest BCUT2D eigenvalue weighted by atomic mass is 10.1. The minimum atomic E-state index is -0.0829. The van der Waals surface area contributed by atoms with Crippen LogP contribution in [0.3, 0.4) is 0 Å². The van der Waals surface area contributed by atoms with Crippen molar-refractivity contribution < 1.29 is 9.26 Å². The predicted octanol–water partition coefficient (Wildman–Crippen LogP) is 2.77. The zero-order chi connectivity index (χ0) is 16.4. The Balaban J connectivity index is 1.38. The molecule has 24 heavy (non-hydrogen) atoms. The molecule has 2 atom stereocenters. The molecule has 2 aromatic heterocycles. The molecule has 1 aliphatic carbocycles. The summed E-state index contributed by atoms with van der Waals surface area (Å²) in [5, 5.41) is 7.32. The van der Waals surface area contributed by atoms with Crippen molar-refractivity contribution in [1.82, 2.24) is 20.1 Å². The fourth-order valence-electron chi connectivity index (χ4n) is 3.54. The molecule has 0 amide bonds. The van der Waals surface area contributed by atoms with Crippen molar-refractivity contribution in [3.05, 3.63) is 29.3 Å². The molecule has 0 spiro atoms. The molecule has 0 unspecified atom stereocenters. The third kappa shape index (κ3) is 3.26. The largest absolute Gasteiger partial charge is 0.367 e. The van der Waals surface area contributed by atoms with Crippen LogP contribution in [-0.4, -0.2) is 32.8 Å². The number of rotatable bonds is 4. The van der Waals surface area contributed by atoms with E-state index in [1.54, 1.807) is 6.33 Å². The van der Waals surface area contributed by atoms with Crippen molar-refractivity contribution in [2.24, 2.45) is 0 Å². The minimum absolute atomic E-state index is 0.0829. The van der Waals surface area contributed by atoms with Gasteiger partial charge >= 0.3 is 0 Å². The molecule has 1 aliphatic heterocycles. The summed E-state index contributed by atoms with van der Waals surface area (Å²) in [6, 6.07) is 0. The molecular weight excluding hydrogens is 306 g/mol. The third-order valence-electron chi connectivity index (χ3n) is 4.80. The number of aromatic nitrogens is 4. The average Bonchev–Trinajstić information content (AvgIpc) is 3.16. The van der Waals surface area contributed by atoms with E-state index < -0.39 is 0 Å². The molecule has 0 bridgehead atoms. The van der Waals surface area contributed by atoms with Crippen LogP contribution >= 0.6 is 0 Å². The van der Waals surface area contributed by atoms with Gasteiger partial charge in [-0.15, -0.1) is 0 Å². The first-order valence-electron chi connectivity index (χ1n) is 8.82. The fraction of sp³-hybridized carbons (Fsp3) is 0.647. The molecule has 1 saturated heterocycles. The fourth-order valence-corrected chi connectivity index (χ4v) is 3.54. The van der Waals surface area contributed by atoms with E-state index in [0.717, 1.165) is 38.0 Å². The maximum atomic E-state index is 6.05. The van der Waals surface area contributed by atoms with Crippen LogP contribution in [0.2, 0.25) is 0 Å². The predicted molar refractivity (Wildman–Crippen MR) is 87.7 cm³/mol. The minimum Gasteiger partial charge on any atom is -0.367 e. The molecule has 128 valence electrons. The van der Waals surface area contributed by atoms with Gasteiger partial charge in [-0.2, -0.15) is 4.98 Å². The smallest absolute Gasteiger partial charge is 0.255 e. The zero-order valence-corrected chi connectivity index (χ0v) is 14.0. The first-order chi connectivity index (χ1) is 11.8. The quantitative estimate of drug-likeness (QED) is 0.863. The second kappa shape index (κ2) is 6.84. The molecule has 1 N–H and O–H groups in total. The van der Waals surface area contributed by atoms with Crippen molar-refractivity contribution >= 4 is 5.82 Å². The van der Waals surface area contributed by atoms with Crippen LogP contribution in [0.1, 0.15) is 61.2 Å². The molecule has 4 rings (SSSR count). The Morgan fingerprint density at radius 2 is 2.08 bits per heavy atom. The maximum Gasteiger partial charge on any atom is 0.255 e. The number of nitrogens with one attached hydrogen (secondary N) is 1. The monoisotopic (exact) mass is 329 g/mol. The molecule has 2 aromatic rings. The summed E-state index contributed by atoms with van der Waals surface area (Å²) < 4.78 is 11.3. The summed E-state index contributed by atoms with van der Waals surface area (Å²) >= 11 is 0. The molecule has 3 heterocycles. The van der Waals surface area contributed by atoms with E-state index in [9.17, 15) is 0 Å². The van der Waals surface area contributed by atoms with E-state index in [4.69, 9.17) is 9.26 Å². The Bertz CT molecular complexity index is 702. The Labute approximate surface area is 141 Å². The standard InChI is InChI=1S/C17H23N5O2/c1-11-21-17(24-22-11)15-8-7-12(23-15)9-18-16-13-5-3-2-4-6-14(13)19-10-20-16/h10,12,15H,2-9H2,1H3,(H,18,19,20)/t12-,15+/m1/s1. The molecule has 1 fully saturated rings. The topological polar surface area (TPSA) is 86.0 Å². The summed E-state index contributed by atoms with van der Waals surface area (Å²) in [5.74, 6) is 2.22. The van der Waals surface area contributed by atoms with Gasteiger partial charge in [-0.1, -0.05) is 11.6 Å². The van der Waals surface area contributed by atoms with Crippen molar-refractivity contribution in [1.29, 1.82) is 0 Å². The van der Waals surface area contributed by atoms with Gasteiger partial charge in [-0.25, -0.2) is 9.97 Å². The van der Waals surface area contributed by atoms with Crippen molar-refractivity contribution in [3.8, 4) is 0 Å². The van der Waals surface area contributed by atoms with E-state index in [2.05, 4.69) is 25.4 Å². The number of ether oxygens (including phenoxy) is 1. The highest BCUT2D eigenvalue weighted by Crippen LogP contribution is 2.32. The van der Waals surface area contributed by atoms with Gasteiger partial charge in [0.2, 0.25) is 0 Å². The van der Waals surface area contributed by atoms with Crippen LogP contribution in [0.25, 0.3) is 0 Å². The Kier molecular flexibility index (Phi) is 4.42. The van der Waals surface area contributed by atoms with E-state index in [1.807, 2.05) is 6.92 Å². The lowest BCUT2D eigenvalue weighted by molar-refractivity contribution is 0.0326. The Morgan fingerprint density at radius 3 is 2.96 bits per heavy atom. The summed E-state index contributed by atoms with van der Waals surface area (Å²) in [6.45, 7) is 2.56. The lowest BCUT2D eigenvalue weighted by Gasteiger charge is -2.16. The van der Waals surface area contributed by atoms with Crippen molar-refractivity contribution in [2.45, 2.75) is 64.1 Å².